The number of rotatable bonds is 6. The molecular weight excluding hydrogens is 268 g/mol. The van der Waals surface area contributed by atoms with Crippen molar-refractivity contribution in [1.82, 2.24) is 15.6 Å². The number of nitrogens with zero attached hydrogens (tertiary/aromatic N) is 2. The summed E-state index contributed by atoms with van der Waals surface area (Å²) in [6, 6.07) is 0.417. The lowest BCUT2D eigenvalue weighted by Gasteiger charge is -2.20. The molecule has 2 N–H and O–H groups in total. The van der Waals surface area contributed by atoms with E-state index in [4.69, 9.17) is 0 Å². The van der Waals surface area contributed by atoms with Gasteiger partial charge in [-0.15, -0.1) is 11.3 Å². The van der Waals surface area contributed by atoms with Crippen molar-refractivity contribution in [2.24, 2.45) is 10.9 Å². The summed E-state index contributed by atoms with van der Waals surface area (Å²) in [7, 11) is 0. The SMILES string of the molecule is CCNC(=NCCc1sc(C)nc1C)NC(C)C(C)C. The highest BCUT2D eigenvalue weighted by molar-refractivity contribution is 7.11. The largest absolute Gasteiger partial charge is 0.357 e. The van der Waals surface area contributed by atoms with Crippen LogP contribution in [0, 0.1) is 19.8 Å². The van der Waals surface area contributed by atoms with Crippen LogP contribution in [0.4, 0.5) is 0 Å². The van der Waals surface area contributed by atoms with Crippen molar-refractivity contribution in [3.63, 3.8) is 0 Å². The van der Waals surface area contributed by atoms with E-state index < -0.39 is 0 Å². The molecule has 0 spiro atoms. The van der Waals surface area contributed by atoms with Gasteiger partial charge in [-0.25, -0.2) is 4.98 Å². The van der Waals surface area contributed by atoms with Gasteiger partial charge in [-0.1, -0.05) is 13.8 Å². The minimum Gasteiger partial charge on any atom is -0.357 e. The molecule has 5 heteroatoms. The molecule has 0 aliphatic carbocycles. The zero-order valence-electron chi connectivity index (χ0n) is 13.6. The van der Waals surface area contributed by atoms with Crippen molar-refractivity contribution < 1.29 is 0 Å². The molecule has 0 aliphatic rings. The van der Waals surface area contributed by atoms with E-state index in [1.807, 2.05) is 0 Å². The summed E-state index contributed by atoms with van der Waals surface area (Å²) < 4.78 is 0. The molecule has 0 fully saturated rings. The van der Waals surface area contributed by atoms with Gasteiger partial charge in [0.1, 0.15) is 0 Å². The Morgan fingerprint density at radius 3 is 2.50 bits per heavy atom. The van der Waals surface area contributed by atoms with Crippen LogP contribution in [0.2, 0.25) is 0 Å². The number of hydrogen-bond acceptors (Lipinski definition) is 3. The molecule has 0 amide bonds. The van der Waals surface area contributed by atoms with E-state index in [0.29, 0.717) is 12.0 Å². The predicted molar refractivity (Wildman–Crippen MR) is 88.7 cm³/mol. The third-order valence-electron chi connectivity index (χ3n) is 3.32. The topological polar surface area (TPSA) is 49.3 Å². The average Bonchev–Trinajstić information content (AvgIpc) is 2.68. The van der Waals surface area contributed by atoms with E-state index in [1.165, 1.54) is 4.88 Å². The van der Waals surface area contributed by atoms with Gasteiger partial charge < -0.3 is 10.6 Å². The fourth-order valence-corrected chi connectivity index (χ4v) is 2.70. The number of guanidine groups is 1. The number of aliphatic imine (C=N–C) groups is 1. The van der Waals surface area contributed by atoms with Crippen molar-refractivity contribution in [2.45, 2.75) is 54.0 Å². The fraction of sp³-hybridized carbons (Fsp3) is 0.733. The first kappa shape index (κ1) is 17.0. The van der Waals surface area contributed by atoms with Gasteiger partial charge >= 0.3 is 0 Å². The maximum Gasteiger partial charge on any atom is 0.191 e. The van der Waals surface area contributed by atoms with Crippen molar-refractivity contribution in [2.75, 3.05) is 13.1 Å². The highest BCUT2D eigenvalue weighted by Gasteiger charge is 2.09. The first-order chi connectivity index (χ1) is 9.43. The van der Waals surface area contributed by atoms with Crippen LogP contribution in [0.15, 0.2) is 4.99 Å². The molecule has 4 nitrogen and oxygen atoms in total. The van der Waals surface area contributed by atoms with E-state index in [2.05, 4.69) is 62.2 Å². The maximum atomic E-state index is 4.65. The molecule has 0 aromatic carbocycles. The monoisotopic (exact) mass is 296 g/mol. The molecule has 0 saturated heterocycles. The van der Waals surface area contributed by atoms with Gasteiger partial charge in [0.25, 0.3) is 0 Å². The predicted octanol–water partition coefficient (Wildman–Crippen LogP) is 2.90. The first-order valence-electron chi connectivity index (χ1n) is 7.41. The molecular formula is C15H28N4S. The third-order valence-corrected chi connectivity index (χ3v) is 4.45. The molecule has 20 heavy (non-hydrogen) atoms. The minimum atomic E-state index is 0.417. The maximum absolute atomic E-state index is 4.65. The second-order valence-electron chi connectivity index (χ2n) is 5.43. The van der Waals surface area contributed by atoms with Gasteiger partial charge in [-0.3, -0.25) is 4.99 Å². The summed E-state index contributed by atoms with van der Waals surface area (Å²) in [5, 5.41) is 7.89. The molecule has 0 radical (unpaired) electrons. The van der Waals surface area contributed by atoms with Crippen LogP contribution >= 0.6 is 11.3 Å². The number of aryl methyl sites for hydroxylation is 2. The van der Waals surface area contributed by atoms with Crippen LogP contribution in [0.1, 0.15) is 43.3 Å². The summed E-state index contributed by atoms with van der Waals surface area (Å²) >= 11 is 1.78. The van der Waals surface area contributed by atoms with E-state index >= 15 is 0 Å². The summed E-state index contributed by atoms with van der Waals surface area (Å²) in [6.45, 7) is 14.5. The van der Waals surface area contributed by atoms with E-state index in [9.17, 15) is 0 Å². The third kappa shape index (κ3) is 5.49. The fourth-order valence-electron chi connectivity index (χ4n) is 1.78. The van der Waals surface area contributed by atoms with Crippen LogP contribution in [-0.4, -0.2) is 30.1 Å². The molecule has 0 saturated carbocycles. The molecule has 1 aromatic heterocycles. The summed E-state index contributed by atoms with van der Waals surface area (Å²) in [6.07, 6.45) is 0.962. The van der Waals surface area contributed by atoms with E-state index in [-0.39, 0.29) is 0 Å². The zero-order chi connectivity index (χ0) is 15.1. The number of thiazole rings is 1. The number of hydrogen-bond donors (Lipinski definition) is 2. The van der Waals surface area contributed by atoms with Gasteiger partial charge in [0, 0.05) is 30.4 Å². The molecule has 1 heterocycles. The lowest BCUT2D eigenvalue weighted by atomic mass is 10.1. The summed E-state index contributed by atoms with van der Waals surface area (Å²) in [5.41, 5.74) is 1.15. The number of nitrogens with one attached hydrogen (secondary N) is 2. The van der Waals surface area contributed by atoms with E-state index in [0.717, 1.165) is 36.2 Å². The van der Waals surface area contributed by atoms with Crippen molar-refractivity contribution in [1.29, 1.82) is 0 Å². The highest BCUT2D eigenvalue weighted by atomic mass is 32.1. The van der Waals surface area contributed by atoms with Crippen LogP contribution in [0.3, 0.4) is 0 Å². The summed E-state index contributed by atoms with van der Waals surface area (Å²) in [5.74, 6) is 1.50. The Labute approximate surface area is 127 Å². The first-order valence-corrected chi connectivity index (χ1v) is 8.23. The Morgan fingerprint density at radius 1 is 1.30 bits per heavy atom. The summed E-state index contributed by atoms with van der Waals surface area (Å²) in [4.78, 5) is 10.5. The second-order valence-corrected chi connectivity index (χ2v) is 6.72. The van der Waals surface area contributed by atoms with Crippen molar-refractivity contribution >= 4 is 17.3 Å². The molecule has 114 valence electrons. The lowest BCUT2D eigenvalue weighted by Crippen LogP contribution is -2.44. The molecule has 0 bridgehead atoms. The van der Waals surface area contributed by atoms with Gasteiger partial charge in [-0.05, 0) is 33.6 Å². The standard InChI is InChI=1S/C15H28N4S/c1-7-16-15(19-11(4)10(2)3)17-9-8-14-12(5)18-13(6)20-14/h10-11H,7-9H2,1-6H3,(H2,16,17,19). The molecule has 1 unspecified atom stereocenters. The van der Waals surface area contributed by atoms with Crippen LogP contribution in [-0.2, 0) is 6.42 Å². The van der Waals surface area contributed by atoms with Crippen molar-refractivity contribution in [3.8, 4) is 0 Å². The Hall–Kier alpha value is -1.10. The Kier molecular flexibility index (Phi) is 6.99. The molecule has 1 aromatic rings. The Balaban J connectivity index is 2.56. The Bertz CT molecular complexity index is 437. The van der Waals surface area contributed by atoms with E-state index in [1.54, 1.807) is 11.3 Å². The van der Waals surface area contributed by atoms with Crippen LogP contribution < -0.4 is 10.6 Å². The van der Waals surface area contributed by atoms with Gasteiger partial charge in [0.05, 0.1) is 10.7 Å². The zero-order valence-corrected chi connectivity index (χ0v) is 14.4. The minimum absolute atomic E-state index is 0.417. The molecule has 0 aliphatic heterocycles. The quantitative estimate of drug-likeness (QED) is 0.627. The van der Waals surface area contributed by atoms with Gasteiger partial charge in [0.15, 0.2) is 5.96 Å². The molecule has 1 atom stereocenters. The van der Waals surface area contributed by atoms with Gasteiger partial charge in [-0.2, -0.15) is 0 Å². The lowest BCUT2D eigenvalue weighted by molar-refractivity contribution is 0.481. The number of aromatic nitrogens is 1. The highest BCUT2D eigenvalue weighted by Crippen LogP contribution is 2.17. The molecule has 1 rings (SSSR count). The van der Waals surface area contributed by atoms with Crippen LogP contribution in [0.5, 0.6) is 0 Å². The Morgan fingerprint density at radius 2 is 2.00 bits per heavy atom. The van der Waals surface area contributed by atoms with Crippen LogP contribution in [0.25, 0.3) is 0 Å². The normalized spacial score (nSPS) is 13.7. The average molecular weight is 296 g/mol. The second kappa shape index (κ2) is 8.25. The smallest absolute Gasteiger partial charge is 0.191 e. The van der Waals surface area contributed by atoms with Crippen molar-refractivity contribution in [3.05, 3.63) is 15.6 Å². The van der Waals surface area contributed by atoms with Gasteiger partial charge in [0.2, 0.25) is 0 Å².